The van der Waals surface area contributed by atoms with Crippen molar-refractivity contribution in [3.05, 3.63) is 23.7 Å². The molecule has 18 heavy (non-hydrogen) atoms. The summed E-state index contributed by atoms with van der Waals surface area (Å²) in [5.74, 6) is 0. The lowest BCUT2D eigenvalue weighted by molar-refractivity contribution is 0.318. The van der Waals surface area contributed by atoms with Crippen molar-refractivity contribution < 1.29 is 0 Å². The number of thiazole rings is 1. The molecule has 1 aromatic heterocycles. The van der Waals surface area contributed by atoms with E-state index in [4.69, 9.17) is 0 Å². The second kappa shape index (κ2) is 4.21. The maximum atomic E-state index is 4.33. The zero-order chi connectivity index (χ0) is 11.9. The van der Waals surface area contributed by atoms with Gasteiger partial charge >= 0.3 is 0 Å². The lowest BCUT2D eigenvalue weighted by Gasteiger charge is -2.22. The van der Waals surface area contributed by atoms with Crippen LogP contribution in [-0.2, 0) is 0 Å². The van der Waals surface area contributed by atoms with Crippen molar-refractivity contribution in [2.24, 2.45) is 0 Å². The van der Waals surface area contributed by atoms with Gasteiger partial charge in [-0.25, -0.2) is 4.98 Å². The fourth-order valence-corrected chi connectivity index (χ4v) is 4.13. The molecule has 3 nitrogen and oxygen atoms in total. The topological polar surface area (TPSA) is 28.2 Å². The molecule has 1 aromatic carbocycles. The first-order valence-corrected chi connectivity index (χ1v) is 7.62. The van der Waals surface area contributed by atoms with Crippen molar-refractivity contribution >= 4 is 27.2 Å². The molecule has 2 aliphatic heterocycles. The summed E-state index contributed by atoms with van der Waals surface area (Å²) in [5, 5.41) is 3.73. The molecule has 94 valence electrons. The van der Waals surface area contributed by atoms with E-state index in [1.54, 1.807) is 11.3 Å². The number of nitrogens with zero attached hydrogens (tertiary/aromatic N) is 2. The third-order valence-electron chi connectivity index (χ3n) is 4.29. The van der Waals surface area contributed by atoms with Crippen LogP contribution in [0.1, 0.15) is 19.3 Å². The molecule has 4 heteroatoms. The van der Waals surface area contributed by atoms with Gasteiger partial charge in [0.05, 0.1) is 15.7 Å². The predicted octanol–water partition coefficient (Wildman–Crippen LogP) is 2.94. The smallest absolute Gasteiger partial charge is 0.0813 e. The van der Waals surface area contributed by atoms with Crippen LogP contribution in [0.3, 0.4) is 0 Å². The molecule has 1 N–H and O–H groups in total. The Morgan fingerprint density at radius 1 is 1.28 bits per heavy atom. The van der Waals surface area contributed by atoms with Crippen LogP contribution in [0, 0.1) is 0 Å². The number of benzene rings is 1. The first-order chi connectivity index (χ1) is 8.90. The molecule has 0 amide bonds. The standard InChI is InChI=1S/C14H17N3S/c1-2-13-11(5-7-17(13)6-1)16-10-3-4-12-14(8-10)18-9-15-12/h3-4,8-9,11,13,16H,1-2,5-7H2. The highest BCUT2D eigenvalue weighted by atomic mass is 32.1. The minimum atomic E-state index is 0.637. The minimum absolute atomic E-state index is 0.637. The Morgan fingerprint density at radius 2 is 2.28 bits per heavy atom. The summed E-state index contributed by atoms with van der Waals surface area (Å²) in [7, 11) is 0. The van der Waals surface area contributed by atoms with Crippen LogP contribution in [0.25, 0.3) is 10.2 Å². The molecule has 2 saturated heterocycles. The van der Waals surface area contributed by atoms with Crippen LogP contribution in [0.4, 0.5) is 5.69 Å². The summed E-state index contributed by atoms with van der Waals surface area (Å²) in [5.41, 5.74) is 4.29. The van der Waals surface area contributed by atoms with Crippen molar-refractivity contribution in [3.63, 3.8) is 0 Å². The third-order valence-corrected chi connectivity index (χ3v) is 5.08. The average molecular weight is 259 g/mol. The van der Waals surface area contributed by atoms with Crippen LogP contribution in [-0.4, -0.2) is 35.1 Å². The number of aromatic nitrogens is 1. The van der Waals surface area contributed by atoms with Gasteiger partial charge in [0.15, 0.2) is 0 Å². The van der Waals surface area contributed by atoms with Crippen molar-refractivity contribution in [1.82, 2.24) is 9.88 Å². The van der Waals surface area contributed by atoms with Crippen molar-refractivity contribution in [2.45, 2.75) is 31.3 Å². The van der Waals surface area contributed by atoms with Gasteiger partial charge in [0, 0.05) is 24.3 Å². The fraction of sp³-hybridized carbons (Fsp3) is 0.500. The molecule has 2 unspecified atom stereocenters. The van der Waals surface area contributed by atoms with Crippen LogP contribution in [0.15, 0.2) is 23.7 Å². The molecule has 0 spiro atoms. The van der Waals surface area contributed by atoms with Gasteiger partial charge in [0.25, 0.3) is 0 Å². The number of fused-ring (bicyclic) bond motifs is 2. The largest absolute Gasteiger partial charge is 0.381 e. The van der Waals surface area contributed by atoms with Gasteiger partial charge in [-0.05, 0) is 44.0 Å². The van der Waals surface area contributed by atoms with Gasteiger partial charge in [-0.3, -0.25) is 4.90 Å². The maximum absolute atomic E-state index is 4.33. The van der Waals surface area contributed by atoms with Gasteiger partial charge in [0.2, 0.25) is 0 Å². The maximum Gasteiger partial charge on any atom is 0.0813 e. The number of hydrogen-bond donors (Lipinski definition) is 1. The average Bonchev–Trinajstić information content (AvgIpc) is 3.06. The van der Waals surface area contributed by atoms with Crippen LogP contribution in [0.5, 0.6) is 0 Å². The Labute approximate surface area is 111 Å². The summed E-state index contributed by atoms with van der Waals surface area (Å²) in [6.07, 6.45) is 4.02. The van der Waals surface area contributed by atoms with Crippen LogP contribution >= 0.6 is 11.3 Å². The van der Waals surface area contributed by atoms with E-state index in [9.17, 15) is 0 Å². The summed E-state index contributed by atoms with van der Waals surface area (Å²) in [4.78, 5) is 6.97. The lowest BCUT2D eigenvalue weighted by atomic mass is 10.1. The molecular weight excluding hydrogens is 242 g/mol. The molecule has 4 rings (SSSR count). The molecule has 2 fully saturated rings. The molecule has 3 heterocycles. The Morgan fingerprint density at radius 3 is 3.28 bits per heavy atom. The normalized spacial score (nSPS) is 27.8. The van der Waals surface area contributed by atoms with Crippen LogP contribution in [0.2, 0.25) is 0 Å². The number of anilines is 1. The summed E-state index contributed by atoms with van der Waals surface area (Å²) >= 11 is 1.72. The zero-order valence-corrected chi connectivity index (χ0v) is 11.1. The molecule has 0 saturated carbocycles. The molecule has 0 aliphatic carbocycles. The van der Waals surface area contributed by atoms with Crippen LogP contribution < -0.4 is 5.32 Å². The summed E-state index contributed by atoms with van der Waals surface area (Å²) < 4.78 is 1.28. The Balaban J connectivity index is 1.56. The van der Waals surface area contributed by atoms with E-state index in [-0.39, 0.29) is 0 Å². The number of hydrogen-bond acceptors (Lipinski definition) is 4. The highest BCUT2D eigenvalue weighted by molar-refractivity contribution is 7.16. The van der Waals surface area contributed by atoms with Gasteiger partial charge in [0.1, 0.15) is 0 Å². The summed E-state index contributed by atoms with van der Waals surface area (Å²) in [6, 6.07) is 7.93. The second-order valence-electron chi connectivity index (χ2n) is 5.32. The van der Waals surface area contributed by atoms with Gasteiger partial charge < -0.3 is 5.32 Å². The second-order valence-corrected chi connectivity index (χ2v) is 6.21. The quantitative estimate of drug-likeness (QED) is 0.898. The minimum Gasteiger partial charge on any atom is -0.381 e. The first-order valence-electron chi connectivity index (χ1n) is 6.74. The van der Waals surface area contributed by atoms with E-state index in [1.165, 1.54) is 42.7 Å². The molecule has 0 bridgehead atoms. The van der Waals surface area contributed by atoms with Crippen molar-refractivity contribution in [3.8, 4) is 0 Å². The highest BCUT2D eigenvalue weighted by Crippen LogP contribution is 2.31. The number of nitrogens with one attached hydrogen (secondary N) is 1. The molecule has 2 atom stereocenters. The lowest BCUT2D eigenvalue weighted by Crippen LogP contribution is -2.33. The van der Waals surface area contributed by atoms with E-state index in [2.05, 4.69) is 33.4 Å². The molecule has 2 aliphatic rings. The third kappa shape index (κ3) is 1.71. The van der Waals surface area contributed by atoms with E-state index in [1.807, 2.05) is 5.51 Å². The Kier molecular flexibility index (Phi) is 2.52. The molecule has 2 aromatic rings. The first kappa shape index (κ1) is 10.8. The van der Waals surface area contributed by atoms with Crippen molar-refractivity contribution in [2.75, 3.05) is 18.4 Å². The van der Waals surface area contributed by atoms with Gasteiger partial charge in [-0.2, -0.15) is 0 Å². The molecule has 0 radical (unpaired) electrons. The monoisotopic (exact) mass is 259 g/mol. The van der Waals surface area contributed by atoms with Gasteiger partial charge in [-0.15, -0.1) is 11.3 Å². The van der Waals surface area contributed by atoms with E-state index >= 15 is 0 Å². The molecular formula is C14H17N3S. The van der Waals surface area contributed by atoms with E-state index < -0.39 is 0 Å². The fourth-order valence-electron chi connectivity index (χ4n) is 3.41. The summed E-state index contributed by atoms with van der Waals surface area (Å²) in [6.45, 7) is 2.57. The SMILES string of the molecule is c1nc2ccc(NC3CCN4CCCC34)cc2s1. The van der Waals surface area contributed by atoms with Gasteiger partial charge in [-0.1, -0.05) is 0 Å². The van der Waals surface area contributed by atoms with Crippen molar-refractivity contribution in [1.29, 1.82) is 0 Å². The Bertz CT molecular complexity index is 565. The van der Waals surface area contributed by atoms with E-state index in [0.717, 1.165) is 11.6 Å². The predicted molar refractivity (Wildman–Crippen MR) is 76.2 cm³/mol. The zero-order valence-electron chi connectivity index (χ0n) is 10.3. The highest BCUT2D eigenvalue weighted by Gasteiger charge is 2.36. The van der Waals surface area contributed by atoms with E-state index in [0.29, 0.717) is 6.04 Å². The Hall–Kier alpha value is -1.13. The number of rotatable bonds is 2.